The van der Waals surface area contributed by atoms with E-state index >= 15 is 0 Å². The van der Waals surface area contributed by atoms with E-state index in [1.165, 1.54) is 30.5 Å². The van der Waals surface area contributed by atoms with Crippen molar-refractivity contribution in [3.63, 3.8) is 0 Å². The van der Waals surface area contributed by atoms with Crippen LogP contribution in [0.25, 0.3) is 0 Å². The van der Waals surface area contributed by atoms with Gasteiger partial charge in [0.2, 0.25) is 0 Å². The lowest BCUT2D eigenvalue weighted by molar-refractivity contribution is 0.0601. The number of fused-ring (bicyclic) bond motifs is 1. The number of ether oxygens (including phenoxy) is 1. The molecule has 0 saturated carbocycles. The lowest BCUT2D eigenvalue weighted by Crippen LogP contribution is -2.30. The Hall–Kier alpha value is -1.99. The molecule has 1 aliphatic rings. The van der Waals surface area contributed by atoms with Crippen LogP contribution in [0.3, 0.4) is 0 Å². The second-order valence-electron chi connectivity index (χ2n) is 6.52. The SMILES string of the molecule is COC(=O)c1c(NC(=S)NCCc2ccc(F)cc2)sc2c1CCCCC2. The van der Waals surface area contributed by atoms with E-state index in [2.05, 4.69) is 10.6 Å². The predicted octanol–water partition coefficient (Wildman–Crippen LogP) is 4.47. The molecule has 1 aliphatic carbocycles. The van der Waals surface area contributed by atoms with Crippen LogP contribution in [0.1, 0.15) is 45.6 Å². The topological polar surface area (TPSA) is 50.4 Å². The first-order valence-corrected chi connectivity index (χ1v) is 10.3. The Morgan fingerprint density at radius 1 is 1.22 bits per heavy atom. The van der Waals surface area contributed by atoms with Crippen molar-refractivity contribution >= 4 is 39.6 Å². The minimum atomic E-state index is -0.314. The van der Waals surface area contributed by atoms with E-state index in [0.717, 1.165) is 48.2 Å². The normalized spacial score (nSPS) is 13.4. The lowest BCUT2D eigenvalue weighted by atomic mass is 10.1. The van der Waals surface area contributed by atoms with Crippen LogP contribution in [0, 0.1) is 5.82 Å². The molecule has 0 saturated heterocycles. The van der Waals surface area contributed by atoms with E-state index in [1.807, 2.05) is 0 Å². The number of rotatable bonds is 5. The van der Waals surface area contributed by atoms with Crippen molar-refractivity contribution in [2.45, 2.75) is 38.5 Å². The van der Waals surface area contributed by atoms with Crippen molar-refractivity contribution in [3.8, 4) is 0 Å². The van der Waals surface area contributed by atoms with Crippen LogP contribution in [0.4, 0.5) is 9.39 Å². The minimum absolute atomic E-state index is 0.239. The number of carbonyl (C=O) groups is 1. The van der Waals surface area contributed by atoms with Crippen LogP contribution < -0.4 is 10.6 Å². The Morgan fingerprint density at radius 2 is 1.96 bits per heavy atom. The summed E-state index contributed by atoms with van der Waals surface area (Å²) in [6, 6.07) is 6.43. The highest BCUT2D eigenvalue weighted by Gasteiger charge is 2.25. The molecule has 1 aromatic heterocycles. The van der Waals surface area contributed by atoms with E-state index in [1.54, 1.807) is 23.5 Å². The van der Waals surface area contributed by atoms with Gasteiger partial charge in [-0.3, -0.25) is 0 Å². The summed E-state index contributed by atoms with van der Waals surface area (Å²) >= 11 is 6.99. The molecular weight excluding hydrogens is 383 g/mol. The first kappa shape index (κ1) is 19.8. The first-order chi connectivity index (χ1) is 13.1. The zero-order valence-electron chi connectivity index (χ0n) is 15.3. The Balaban J connectivity index is 1.64. The molecular formula is C20H23FN2O2S2. The number of aryl methyl sites for hydroxylation is 1. The maximum absolute atomic E-state index is 13.0. The number of hydrogen-bond donors (Lipinski definition) is 2. The summed E-state index contributed by atoms with van der Waals surface area (Å²) in [6.07, 6.45) is 6.06. The molecule has 144 valence electrons. The van der Waals surface area contributed by atoms with Crippen LogP contribution in [0.15, 0.2) is 24.3 Å². The molecule has 2 N–H and O–H groups in total. The highest BCUT2D eigenvalue weighted by Crippen LogP contribution is 2.37. The number of thiophene rings is 1. The molecule has 3 rings (SSSR count). The molecule has 0 radical (unpaired) electrons. The number of thiocarbonyl (C=S) groups is 1. The van der Waals surface area contributed by atoms with Crippen molar-refractivity contribution in [1.29, 1.82) is 0 Å². The van der Waals surface area contributed by atoms with Gasteiger partial charge in [-0.15, -0.1) is 11.3 Å². The molecule has 0 aliphatic heterocycles. The number of carbonyl (C=O) groups excluding carboxylic acids is 1. The molecule has 1 heterocycles. The van der Waals surface area contributed by atoms with Crippen molar-refractivity contribution in [2.24, 2.45) is 0 Å². The highest BCUT2D eigenvalue weighted by atomic mass is 32.1. The Morgan fingerprint density at radius 3 is 2.70 bits per heavy atom. The number of halogens is 1. The Labute approximate surface area is 168 Å². The molecule has 2 aromatic rings. The molecule has 0 spiro atoms. The van der Waals surface area contributed by atoms with Gasteiger partial charge in [-0.2, -0.15) is 0 Å². The standard InChI is InChI=1S/C20H23FN2O2S2/c1-25-19(24)17-15-5-3-2-4-6-16(15)27-18(17)23-20(26)22-12-11-13-7-9-14(21)10-8-13/h7-10H,2-6,11-12H2,1H3,(H2,22,23,26). The number of benzene rings is 1. The quantitative estimate of drug-likeness (QED) is 0.436. The van der Waals surface area contributed by atoms with Crippen LogP contribution in [-0.2, 0) is 24.0 Å². The Bertz CT molecular complexity index is 818. The molecule has 7 heteroatoms. The summed E-state index contributed by atoms with van der Waals surface area (Å²) in [5.74, 6) is -0.553. The number of methoxy groups -OCH3 is 1. The van der Waals surface area contributed by atoms with Gasteiger partial charge in [0.25, 0.3) is 0 Å². The fraction of sp³-hybridized carbons (Fsp3) is 0.400. The molecule has 4 nitrogen and oxygen atoms in total. The summed E-state index contributed by atoms with van der Waals surface area (Å²) in [5, 5.41) is 7.56. The zero-order chi connectivity index (χ0) is 19.2. The smallest absolute Gasteiger partial charge is 0.341 e. The van der Waals surface area contributed by atoms with Crippen LogP contribution in [0.2, 0.25) is 0 Å². The van der Waals surface area contributed by atoms with Crippen molar-refractivity contribution in [1.82, 2.24) is 5.32 Å². The summed E-state index contributed by atoms with van der Waals surface area (Å²) in [6.45, 7) is 0.621. The molecule has 0 unspecified atom stereocenters. The van der Waals surface area contributed by atoms with Gasteiger partial charge in [0.1, 0.15) is 10.8 Å². The van der Waals surface area contributed by atoms with Crippen LogP contribution in [0.5, 0.6) is 0 Å². The van der Waals surface area contributed by atoms with Gasteiger partial charge in [-0.1, -0.05) is 18.6 Å². The third-order valence-corrected chi connectivity index (χ3v) is 6.10. The largest absolute Gasteiger partial charge is 0.465 e. The lowest BCUT2D eigenvalue weighted by Gasteiger charge is -2.11. The van der Waals surface area contributed by atoms with Gasteiger partial charge < -0.3 is 15.4 Å². The van der Waals surface area contributed by atoms with Crippen LogP contribution >= 0.6 is 23.6 Å². The molecule has 1 aromatic carbocycles. The molecule has 0 bridgehead atoms. The number of hydrogen-bond acceptors (Lipinski definition) is 4. The minimum Gasteiger partial charge on any atom is -0.465 e. The number of nitrogens with one attached hydrogen (secondary N) is 2. The summed E-state index contributed by atoms with van der Waals surface area (Å²) in [5.41, 5.74) is 2.77. The van der Waals surface area contributed by atoms with Crippen molar-refractivity contribution in [2.75, 3.05) is 19.0 Å². The summed E-state index contributed by atoms with van der Waals surface area (Å²) < 4.78 is 18.0. The van der Waals surface area contributed by atoms with Gasteiger partial charge in [0.15, 0.2) is 5.11 Å². The highest BCUT2D eigenvalue weighted by molar-refractivity contribution is 7.80. The fourth-order valence-electron chi connectivity index (χ4n) is 3.27. The van der Waals surface area contributed by atoms with E-state index in [0.29, 0.717) is 17.2 Å². The second-order valence-corrected chi connectivity index (χ2v) is 8.03. The monoisotopic (exact) mass is 406 g/mol. The Kier molecular flexibility index (Phi) is 6.79. The van der Waals surface area contributed by atoms with Crippen molar-refractivity contribution in [3.05, 3.63) is 51.7 Å². The van der Waals surface area contributed by atoms with E-state index in [9.17, 15) is 9.18 Å². The summed E-state index contributed by atoms with van der Waals surface area (Å²) in [7, 11) is 1.41. The maximum atomic E-state index is 13.0. The molecule has 27 heavy (non-hydrogen) atoms. The van der Waals surface area contributed by atoms with Gasteiger partial charge in [0, 0.05) is 11.4 Å². The van der Waals surface area contributed by atoms with E-state index in [4.69, 9.17) is 17.0 Å². The average molecular weight is 407 g/mol. The molecule has 0 fully saturated rings. The van der Waals surface area contributed by atoms with Gasteiger partial charge in [-0.25, -0.2) is 9.18 Å². The zero-order valence-corrected chi connectivity index (χ0v) is 16.9. The number of anilines is 1. The van der Waals surface area contributed by atoms with E-state index < -0.39 is 0 Å². The maximum Gasteiger partial charge on any atom is 0.341 e. The third-order valence-electron chi connectivity index (χ3n) is 4.65. The third kappa shape index (κ3) is 5.05. The van der Waals surface area contributed by atoms with Gasteiger partial charge in [-0.05, 0) is 67.6 Å². The number of esters is 1. The fourth-order valence-corrected chi connectivity index (χ4v) is 4.82. The van der Waals surface area contributed by atoms with Crippen molar-refractivity contribution < 1.29 is 13.9 Å². The predicted molar refractivity (Wildman–Crippen MR) is 111 cm³/mol. The molecule has 0 amide bonds. The molecule has 0 atom stereocenters. The summed E-state index contributed by atoms with van der Waals surface area (Å²) in [4.78, 5) is 13.6. The van der Waals surface area contributed by atoms with Crippen LogP contribution in [-0.4, -0.2) is 24.7 Å². The second kappa shape index (κ2) is 9.28. The van der Waals surface area contributed by atoms with E-state index in [-0.39, 0.29) is 11.8 Å². The average Bonchev–Trinajstić information content (AvgIpc) is 2.83. The first-order valence-electron chi connectivity index (χ1n) is 9.10. The van der Waals surface area contributed by atoms with Gasteiger partial charge >= 0.3 is 5.97 Å². The van der Waals surface area contributed by atoms with Gasteiger partial charge in [0.05, 0.1) is 12.7 Å².